The molecule has 24 heavy (non-hydrogen) atoms. The van der Waals surface area contributed by atoms with E-state index in [0.717, 1.165) is 12.5 Å². The number of ether oxygens (including phenoxy) is 2. The number of hydrogen-bond donors (Lipinski definition) is 0. The van der Waals surface area contributed by atoms with E-state index in [1.165, 1.54) is 30.5 Å². The molecule has 0 saturated carbocycles. The molecule has 1 aromatic heterocycles. The summed E-state index contributed by atoms with van der Waals surface area (Å²) in [6, 6.07) is 6.37. The van der Waals surface area contributed by atoms with Gasteiger partial charge in [-0.2, -0.15) is 0 Å². The number of benzene rings is 1. The first-order chi connectivity index (χ1) is 11.5. The maximum atomic E-state index is 13.1. The van der Waals surface area contributed by atoms with Crippen molar-refractivity contribution in [2.45, 2.75) is 26.9 Å². The van der Waals surface area contributed by atoms with Crippen LogP contribution >= 0.6 is 0 Å². The maximum absolute atomic E-state index is 13.1. The molecule has 0 fully saturated rings. The number of carbonyl (C=O) groups is 1. The van der Waals surface area contributed by atoms with Crippen LogP contribution in [0.15, 0.2) is 45.8 Å². The quantitative estimate of drug-likeness (QED) is 0.724. The van der Waals surface area contributed by atoms with Crippen molar-refractivity contribution >= 4 is 5.97 Å². The Bertz CT molecular complexity index is 751. The first-order valence-electron chi connectivity index (χ1n) is 7.63. The van der Waals surface area contributed by atoms with E-state index in [-0.39, 0.29) is 29.1 Å². The molecule has 0 aliphatic heterocycles. The van der Waals surface area contributed by atoms with Gasteiger partial charge in [-0.25, -0.2) is 9.18 Å². The van der Waals surface area contributed by atoms with Gasteiger partial charge in [-0.1, -0.05) is 19.9 Å². The zero-order valence-corrected chi connectivity index (χ0v) is 13.6. The van der Waals surface area contributed by atoms with Crippen LogP contribution in [0.25, 0.3) is 0 Å². The molecule has 0 aliphatic carbocycles. The van der Waals surface area contributed by atoms with E-state index in [2.05, 4.69) is 13.8 Å². The largest absolute Gasteiger partial charge is 0.487 e. The number of hydrogen-bond acceptors (Lipinski definition) is 5. The standard InChI is InChI=1S/C18H19FO5/c1-12(2)6-7-22-17-11-23-15(9-16(17)20)10-24-18(21)13-4-3-5-14(19)8-13/h3-5,8-9,11-12H,6-7,10H2,1-2H3. The van der Waals surface area contributed by atoms with Crippen LogP contribution in [0.5, 0.6) is 5.75 Å². The summed E-state index contributed by atoms with van der Waals surface area (Å²) in [4.78, 5) is 23.7. The fourth-order valence-corrected chi connectivity index (χ4v) is 1.86. The van der Waals surface area contributed by atoms with E-state index in [0.29, 0.717) is 12.5 Å². The summed E-state index contributed by atoms with van der Waals surface area (Å²) in [5.74, 6) is -0.455. The van der Waals surface area contributed by atoms with E-state index >= 15 is 0 Å². The van der Waals surface area contributed by atoms with Crippen molar-refractivity contribution in [3.05, 3.63) is 64.0 Å². The molecular formula is C18H19FO5. The lowest BCUT2D eigenvalue weighted by atomic mass is 10.1. The van der Waals surface area contributed by atoms with Crippen molar-refractivity contribution in [1.82, 2.24) is 0 Å². The normalized spacial score (nSPS) is 10.7. The summed E-state index contributed by atoms with van der Waals surface area (Å²) >= 11 is 0. The van der Waals surface area contributed by atoms with Crippen LogP contribution in [-0.4, -0.2) is 12.6 Å². The second kappa shape index (κ2) is 8.29. The molecule has 1 heterocycles. The van der Waals surface area contributed by atoms with Crippen molar-refractivity contribution in [3.63, 3.8) is 0 Å². The van der Waals surface area contributed by atoms with Gasteiger partial charge in [0.05, 0.1) is 12.2 Å². The van der Waals surface area contributed by atoms with Gasteiger partial charge in [0, 0.05) is 6.07 Å². The van der Waals surface area contributed by atoms with Crippen LogP contribution in [0, 0.1) is 11.7 Å². The first kappa shape index (κ1) is 17.7. The van der Waals surface area contributed by atoms with Crippen LogP contribution in [0.1, 0.15) is 36.4 Å². The summed E-state index contributed by atoms with van der Waals surface area (Å²) < 4.78 is 28.6. The van der Waals surface area contributed by atoms with Crippen molar-refractivity contribution < 1.29 is 23.1 Å². The smallest absolute Gasteiger partial charge is 0.338 e. The van der Waals surface area contributed by atoms with Gasteiger partial charge in [0.15, 0.2) is 0 Å². The zero-order valence-electron chi connectivity index (χ0n) is 13.6. The van der Waals surface area contributed by atoms with Crippen molar-refractivity contribution in [2.75, 3.05) is 6.61 Å². The SMILES string of the molecule is CC(C)CCOc1coc(COC(=O)c2cccc(F)c2)cc1=O. The highest BCUT2D eigenvalue weighted by molar-refractivity contribution is 5.89. The van der Waals surface area contributed by atoms with Gasteiger partial charge in [-0.15, -0.1) is 0 Å². The molecule has 5 nitrogen and oxygen atoms in total. The Morgan fingerprint density at radius 1 is 1.29 bits per heavy atom. The van der Waals surface area contributed by atoms with Crippen LogP contribution < -0.4 is 10.2 Å². The molecule has 6 heteroatoms. The summed E-state index contributed by atoms with van der Waals surface area (Å²) in [5.41, 5.74) is -0.257. The Labute approximate surface area is 139 Å². The average molecular weight is 334 g/mol. The third-order valence-electron chi connectivity index (χ3n) is 3.21. The van der Waals surface area contributed by atoms with Gasteiger partial charge in [-0.3, -0.25) is 4.79 Å². The topological polar surface area (TPSA) is 65.7 Å². The maximum Gasteiger partial charge on any atom is 0.338 e. The van der Waals surface area contributed by atoms with Crippen LogP contribution in [0.4, 0.5) is 4.39 Å². The van der Waals surface area contributed by atoms with Gasteiger partial charge in [-0.05, 0) is 30.5 Å². The highest BCUT2D eigenvalue weighted by Gasteiger charge is 2.11. The second-order valence-corrected chi connectivity index (χ2v) is 5.69. The molecule has 128 valence electrons. The number of halogens is 1. The van der Waals surface area contributed by atoms with E-state index in [9.17, 15) is 14.0 Å². The predicted molar refractivity (Wildman–Crippen MR) is 85.4 cm³/mol. The number of rotatable bonds is 7. The predicted octanol–water partition coefficient (Wildman–Crippen LogP) is 3.56. The third-order valence-corrected chi connectivity index (χ3v) is 3.21. The molecular weight excluding hydrogens is 315 g/mol. The molecule has 2 rings (SSSR count). The van der Waals surface area contributed by atoms with Crippen molar-refractivity contribution in [3.8, 4) is 5.75 Å². The molecule has 0 amide bonds. The Balaban J connectivity index is 1.92. The lowest BCUT2D eigenvalue weighted by Crippen LogP contribution is -2.11. The minimum Gasteiger partial charge on any atom is -0.487 e. The number of esters is 1. The summed E-state index contributed by atoms with van der Waals surface area (Å²) in [7, 11) is 0. The highest BCUT2D eigenvalue weighted by atomic mass is 19.1. The van der Waals surface area contributed by atoms with Crippen LogP contribution in [-0.2, 0) is 11.3 Å². The van der Waals surface area contributed by atoms with E-state index in [4.69, 9.17) is 13.9 Å². The fourth-order valence-electron chi connectivity index (χ4n) is 1.86. The summed E-state index contributed by atoms with van der Waals surface area (Å²) in [5, 5.41) is 0. The Morgan fingerprint density at radius 3 is 2.75 bits per heavy atom. The van der Waals surface area contributed by atoms with Crippen LogP contribution in [0.2, 0.25) is 0 Å². The monoisotopic (exact) mass is 334 g/mol. The lowest BCUT2D eigenvalue weighted by molar-refractivity contribution is 0.0442. The molecule has 0 bridgehead atoms. The first-order valence-corrected chi connectivity index (χ1v) is 7.63. The molecule has 0 unspecified atom stereocenters. The molecule has 0 aliphatic rings. The van der Waals surface area contributed by atoms with Gasteiger partial charge >= 0.3 is 5.97 Å². The van der Waals surface area contributed by atoms with Crippen LogP contribution in [0.3, 0.4) is 0 Å². The zero-order chi connectivity index (χ0) is 17.5. The highest BCUT2D eigenvalue weighted by Crippen LogP contribution is 2.11. The molecule has 0 spiro atoms. The van der Waals surface area contributed by atoms with Gasteiger partial charge < -0.3 is 13.9 Å². The van der Waals surface area contributed by atoms with Crippen molar-refractivity contribution in [1.29, 1.82) is 0 Å². The summed E-state index contributed by atoms with van der Waals surface area (Å²) in [6.07, 6.45) is 2.03. The van der Waals surface area contributed by atoms with E-state index < -0.39 is 11.8 Å². The molecule has 2 aromatic rings. The van der Waals surface area contributed by atoms with Gasteiger partial charge in [0.1, 0.15) is 24.4 Å². The fraction of sp³-hybridized carbons (Fsp3) is 0.333. The molecule has 0 saturated heterocycles. The lowest BCUT2D eigenvalue weighted by Gasteiger charge is -2.08. The van der Waals surface area contributed by atoms with Crippen molar-refractivity contribution in [2.24, 2.45) is 5.92 Å². The van der Waals surface area contributed by atoms with E-state index in [1.54, 1.807) is 0 Å². The minimum atomic E-state index is -0.700. The van der Waals surface area contributed by atoms with Gasteiger partial charge in [0.2, 0.25) is 11.2 Å². The number of carbonyl (C=O) groups excluding carboxylic acids is 1. The summed E-state index contributed by atoms with van der Waals surface area (Å²) in [6.45, 7) is 4.32. The average Bonchev–Trinajstić information content (AvgIpc) is 2.54. The minimum absolute atomic E-state index is 0.0889. The Morgan fingerprint density at radius 2 is 2.08 bits per heavy atom. The Kier molecular flexibility index (Phi) is 6.12. The van der Waals surface area contributed by atoms with E-state index in [1.807, 2.05) is 0 Å². The third kappa shape index (κ3) is 5.22. The molecule has 0 N–H and O–H groups in total. The Hall–Kier alpha value is -2.63. The molecule has 0 radical (unpaired) electrons. The van der Waals surface area contributed by atoms with Gasteiger partial charge in [0.25, 0.3) is 0 Å². The molecule has 0 atom stereocenters. The molecule has 1 aromatic carbocycles. The second-order valence-electron chi connectivity index (χ2n) is 5.69.